The highest BCUT2D eigenvalue weighted by Crippen LogP contribution is 2.15. The summed E-state index contributed by atoms with van der Waals surface area (Å²) in [7, 11) is 4.03. The first-order valence-corrected chi connectivity index (χ1v) is 6.79. The van der Waals surface area contributed by atoms with E-state index in [4.69, 9.17) is 4.74 Å². The number of benzene rings is 1. The third kappa shape index (κ3) is 4.60. The van der Waals surface area contributed by atoms with Gasteiger partial charge in [-0.25, -0.2) is 9.37 Å². The summed E-state index contributed by atoms with van der Waals surface area (Å²) in [5.74, 6) is 0.445. The molecule has 0 amide bonds. The van der Waals surface area contributed by atoms with E-state index in [1.165, 1.54) is 5.69 Å². The second-order valence-corrected chi connectivity index (χ2v) is 4.79. The minimum absolute atomic E-state index is 0.0421. The molecule has 0 saturated heterocycles. The van der Waals surface area contributed by atoms with Gasteiger partial charge >= 0.3 is 0 Å². The van der Waals surface area contributed by atoms with Crippen molar-refractivity contribution in [3.8, 4) is 5.88 Å². The Hall–Kier alpha value is -2.36. The molecule has 0 saturated carbocycles. The Morgan fingerprint density at radius 2 is 1.71 bits per heavy atom. The van der Waals surface area contributed by atoms with Crippen LogP contribution in [0.25, 0.3) is 12.2 Å². The Balaban J connectivity index is 2.00. The number of alkyl halides is 1. The van der Waals surface area contributed by atoms with Crippen LogP contribution in [0.1, 0.15) is 11.1 Å². The van der Waals surface area contributed by atoms with Crippen LogP contribution in [-0.2, 0) is 0 Å². The van der Waals surface area contributed by atoms with Crippen molar-refractivity contribution in [1.82, 2.24) is 4.98 Å². The Kier molecular flexibility index (Phi) is 5.32. The lowest BCUT2D eigenvalue weighted by Gasteiger charge is -2.11. The van der Waals surface area contributed by atoms with E-state index in [1.54, 1.807) is 12.3 Å². The largest absolute Gasteiger partial charge is 0.475 e. The maximum atomic E-state index is 12.0. The zero-order chi connectivity index (χ0) is 15.1. The van der Waals surface area contributed by atoms with Crippen molar-refractivity contribution in [2.75, 3.05) is 32.3 Å². The van der Waals surface area contributed by atoms with Crippen molar-refractivity contribution in [2.24, 2.45) is 0 Å². The molecule has 0 N–H and O–H groups in total. The average Bonchev–Trinajstić information content (AvgIpc) is 2.52. The topological polar surface area (TPSA) is 25.4 Å². The molecule has 4 heteroatoms. The molecule has 2 aromatic rings. The predicted octanol–water partition coefficient (Wildman–Crippen LogP) is 3.67. The van der Waals surface area contributed by atoms with Gasteiger partial charge in [0.1, 0.15) is 13.3 Å². The third-order valence-electron chi connectivity index (χ3n) is 2.96. The summed E-state index contributed by atoms with van der Waals surface area (Å²) in [6.07, 6.45) is 5.72. The molecule has 0 aliphatic carbocycles. The fraction of sp³-hybridized carbons (Fsp3) is 0.235. The Morgan fingerprint density at radius 1 is 1.05 bits per heavy atom. The maximum absolute atomic E-state index is 12.0. The quantitative estimate of drug-likeness (QED) is 0.810. The molecule has 2 rings (SSSR count). The number of hydrogen-bond acceptors (Lipinski definition) is 3. The highest BCUT2D eigenvalue weighted by Gasteiger charge is 1.96. The van der Waals surface area contributed by atoms with Gasteiger partial charge < -0.3 is 9.64 Å². The Morgan fingerprint density at radius 3 is 2.29 bits per heavy atom. The Bertz CT molecular complexity index is 577. The van der Waals surface area contributed by atoms with Gasteiger partial charge in [-0.15, -0.1) is 0 Å². The van der Waals surface area contributed by atoms with Crippen molar-refractivity contribution in [3.63, 3.8) is 0 Å². The molecule has 1 aromatic carbocycles. The van der Waals surface area contributed by atoms with Crippen LogP contribution in [0.15, 0.2) is 42.6 Å². The van der Waals surface area contributed by atoms with Crippen molar-refractivity contribution >= 4 is 17.8 Å². The number of aromatic nitrogens is 1. The molecule has 0 bridgehead atoms. The fourth-order valence-electron chi connectivity index (χ4n) is 1.79. The zero-order valence-corrected chi connectivity index (χ0v) is 12.3. The molecule has 3 nitrogen and oxygen atoms in total. The lowest BCUT2D eigenvalue weighted by atomic mass is 10.1. The maximum Gasteiger partial charge on any atom is 0.213 e. The lowest BCUT2D eigenvalue weighted by Crippen LogP contribution is -2.07. The highest BCUT2D eigenvalue weighted by molar-refractivity contribution is 5.70. The standard InChI is InChI=1S/C17H19FN2O/c1-20(2)16-8-5-14(6-9-16)3-4-15-7-10-17(19-13-15)21-12-11-18/h3-10,13H,11-12H2,1-2H3/b4-3+/i18-1. The van der Waals surface area contributed by atoms with Gasteiger partial charge in [-0.05, 0) is 29.3 Å². The molecule has 0 fully saturated rings. The van der Waals surface area contributed by atoms with Gasteiger partial charge in [-0.2, -0.15) is 0 Å². The molecule has 110 valence electrons. The summed E-state index contributed by atoms with van der Waals surface area (Å²) in [5, 5.41) is 0. The molecule has 0 atom stereocenters. The highest BCUT2D eigenvalue weighted by atomic mass is 18.2. The second kappa shape index (κ2) is 7.43. The van der Waals surface area contributed by atoms with Crippen LogP contribution in [0.5, 0.6) is 5.88 Å². The Labute approximate surface area is 124 Å². The smallest absolute Gasteiger partial charge is 0.213 e. The van der Waals surface area contributed by atoms with Crippen molar-refractivity contribution in [2.45, 2.75) is 0 Å². The van der Waals surface area contributed by atoms with Gasteiger partial charge in [0.05, 0.1) is 0 Å². The molecular weight excluding hydrogens is 266 g/mol. The second-order valence-electron chi connectivity index (χ2n) is 4.79. The molecule has 0 aliphatic rings. The van der Waals surface area contributed by atoms with Crippen LogP contribution in [0, 0.1) is 0 Å². The van der Waals surface area contributed by atoms with Crippen molar-refractivity contribution < 1.29 is 9.13 Å². The van der Waals surface area contributed by atoms with E-state index < -0.39 is 6.67 Å². The van der Waals surface area contributed by atoms with Gasteiger partial charge in [0.15, 0.2) is 0 Å². The van der Waals surface area contributed by atoms with Crippen LogP contribution in [0.4, 0.5) is 10.1 Å². The van der Waals surface area contributed by atoms with Crippen molar-refractivity contribution in [3.05, 3.63) is 53.7 Å². The molecule has 0 unspecified atom stereocenters. The predicted molar refractivity (Wildman–Crippen MR) is 85.4 cm³/mol. The van der Waals surface area contributed by atoms with Crippen LogP contribution in [0.2, 0.25) is 0 Å². The first kappa shape index (κ1) is 15.0. The number of hydrogen-bond donors (Lipinski definition) is 0. The third-order valence-corrected chi connectivity index (χ3v) is 2.96. The van der Waals surface area contributed by atoms with Crippen LogP contribution >= 0.6 is 0 Å². The normalized spacial score (nSPS) is 10.8. The molecule has 0 aliphatic heterocycles. The fourth-order valence-corrected chi connectivity index (χ4v) is 1.79. The monoisotopic (exact) mass is 285 g/mol. The van der Waals surface area contributed by atoms with Gasteiger partial charge in [-0.3, -0.25) is 0 Å². The summed E-state index contributed by atoms with van der Waals surface area (Å²) < 4.78 is 17.1. The number of halogens is 1. The van der Waals surface area contributed by atoms with E-state index in [0.29, 0.717) is 5.88 Å². The average molecular weight is 285 g/mol. The van der Waals surface area contributed by atoms with Crippen molar-refractivity contribution in [1.29, 1.82) is 0 Å². The van der Waals surface area contributed by atoms with E-state index >= 15 is 0 Å². The van der Waals surface area contributed by atoms with E-state index in [2.05, 4.69) is 34.1 Å². The van der Waals surface area contributed by atoms with Gasteiger partial charge in [0.25, 0.3) is 0 Å². The van der Waals surface area contributed by atoms with Gasteiger partial charge in [0, 0.05) is 32.0 Å². The number of pyridine rings is 1. The summed E-state index contributed by atoms with van der Waals surface area (Å²) in [6, 6.07) is 11.9. The summed E-state index contributed by atoms with van der Waals surface area (Å²) in [6.45, 7) is -0.466. The number of rotatable bonds is 6. The molecule has 0 spiro atoms. The summed E-state index contributed by atoms with van der Waals surface area (Å²) in [4.78, 5) is 6.18. The molecule has 21 heavy (non-hydrogen) atoms. The van der Waals surface area contributed by atoms with Gasteiger partial charge in [-0.1, -0.05) is 24.3 Å². The van der Waals surface area contributed by atoms with E-state index in [-0.39, 0.29) is 6.61 Å². The van der Waals surface area contributed by atoms with E-state index in [1.807, 2.05) is 32.3 Å². The lowest BCUT2D eigenvalue weighted by molar-refractivity contribution is 0.264. The van der Waals surface area contributed by atoms with Crippen LogP contribution < -0.4 is 9.64 Å². The molecule has 1 aromatic heterocycles. The number of ether oxygens (including phenoxy) is 1. The summed E-state index contributed by atoms with van der Waals surface area (Å²) >= 11 is 0. The van der Waals surface area contributed by atoms with E-state index in [9.17, 15) is 4.39 Å². The van der Waals surface area contributed by atoms with E-state index in [0.717, 1.165) is 11.1 Å². The minimum Gasteiger partial charge on any atom is -0.475 e. The SMILES string of the molecule is CN(C)c1ccc(/C=C/c2ccc(OCC[18F])nc2)cc1. The number of anilines is 1. The molecule has 1 heterocycles. The molecule has 0 radical (unpaired) electrons. The summed E-state index contributed by atoms with van der Waals surface area (Å²) in [5.41, 5.74) is 3.26. The van der Waals surface area contributed by atoms with Crippen LogP contribution in [-0.4, -0.2) is 32.4 Å². The van der Waals surface area contributed by atoms with Crippen LogP contribution in [0.3, 0.4) is 0 Å². The first-order chi connectivity index (χ1) is 10.2. The number of nitrogens with zero attached hydrogens (tertiary/aromatic N) is 2. The first-order valence-electron chi connectivity index (χ1n) is 6.79. The molecular formula is C17H19FN2O. The minimum atomic E-state index is -0.508. The van der Waals surface area contributed by atoms with Gasteiger partial charge in [0.2, 0.25) is 5.88 Å². The zero-order valence-electron chi connectivity index (χ0n) is 12.3.